The Hall–Kier alpha value is -1.64. The Kier molecular flexibility index (Phi) is 6.00. The van der Waals surface area contributed by atoms with Gasteiger partial charge in [-0.3, -0.25) is 4.79 Å². The van der Waals surface area contributed by atoms with Gasteiger partial charge in [-0.25, -0.2) is 0 Å². The van der Waals surface area contributed by atoms with E-state index in [1.165, 1.54) is 5.56 Å². The normalized spacial score (nSPS) is 9.94. The molecule has 1 rings (SSSR count). The fraction of sp³-hybridized carbons (Fsp3) is 0.429. The van der Waals surface area contributed by atoms with Gasteiger partial charge in [0.2, 0.25) is 5.91 Å². The third-order valence-corrected chi connectivity index (χ3v) is 2.56. The number of aldehydes is 1. The molecule has 0 spiro atoms. The minimum Gasteiger partial charge on any atom is -0.326 e. The highest BCUT2D eigenvalue weighted by molar-refractivity contribution is 5.90. The van der Waals surface area contributed by atoms with Crippen molar-refractivity contribution >= 4 is 17.9 Å². The van der Waals surface area contributed by atoms with Gasteiger partial charge in [0.15, 0.2) is 0 Å². The summed E-state index contributed by atoms with van der Waals surface area (Å²) in [7, 11) is 0. The van der Waals surface area contributed by atoms with Crippen LogP contribution in [0.4, 0.5) is 5.69 Å². The first kappa shape index (κ1) is 13.4. The molecule has 0 aromatic heterocycles. The molecule has 0 aliphatic carbocycles. The van der Waals surface area contributed by atoms with Gasteiger partial charge in [-0.1, -0.05) is 24.1 Å². The highest BCUT2D eigenvalue weighted by Crippen LogP contribution is 2.10. The number of unbranched alkanes of at least 4 members (excludes halogenated alkanes) is 3. The Labute approximate surface area is 102 Å². The zero-order valence-corrected chi connectivity index (χ0v) is 10.2. The number of carbonyl (C=O) groups is 2. The molecule has 1 amide bonds. The van der Waals surface area contributed by atoms with Gasteiger partial charge in [0, 0.05) is 18.5 Å². The summed E-state index contributed by atoms with van der Waals surface area (Å²) in [6.07, 6.45) is 4.69. The minimum atomic E-state index is 0.0416. The lowest BCUT2D eigenvalue weighted by molar-refractivity contribution is -0.116. The van der Waals surface area contributed by atoms with Crippen LogP contribution in [0.5, 0.6) is 0 Å². The van der Waals surface area contributed by atoms with Crippen molar-refractivity contribution in [2.24, 2.45) is 0 Å². The Morgan fingerprint density at radius 3 is 2.53 bits per heavy atom. The van der Waals surface area contributed by atoms with E-state index in [1.807, 2.05) is 31.2 Å². The minimum absolute atomic E-state index is 0.0416. The third-order valence-electron chi connectivity index (χ3n) is 2.56. The molecule has 17 heavy (non-hydrogen) atoms. The van der Waals surface area contributed by atoms with Gasteiger partial charge >= 0.3 is 0 Å². The molecule has 0 unspecified atom stereocenters. The van der Waals surface area contributed by atoms with E-state index in [-0.39, 0.29) is 5.91 Å². The highest BCUT2D eigenvalue weighted by atomic mass is 16.1. The van der Waals surface area contributed by atoms with Crippen LogP contribution in [0.3, 0.4) is 0 Å². The molecular weight excluding hydrogens is 214 g/mol. The molecule has 0 heterocycles. The van der Waals surface area contributed by atoms with Crippen LogP contribution in [-0.4, -0.2) is 12.2 Å². The summed E-state index contributed by atoms with van der Waals surface area (Å²) < 4.78 is 0. The molecule has 92 valence electrons. The fourth-order valence-electron chi connectivity index (χ4n) is 1.55. The van der Waals surface area contributed by atoms with Crippen LogP contribution in [0.15, 0.2) is 24.3 Å². The maximum Gasteiger partial charge on any atom is 0.224 e. The second-order valence-electron chi connectivity index (χ2n) is 4.18. The Bertz CT molecular complexity index is 357. The van der Waals surface area contributed by atoms with Crippen molar-refractivity contribution in [3.63, 3.8) is 0 Å². The number of aryl methyl sites for hydroxylation is 1. The summed E-state index contributed by atoms with van der Waals surface area (Å²) in [5, 5.41) is 2.85. The molecule has 0 radical (unpaired) electrons. The molecule has 0 aliphatic heterocycles. The lowest BCUT2D eigenvalue weighted by Gasteiger charge is -2.05. The summed E-state index contributed by atoms with van der Waals surface area (Å²) in [6, 6.07) is 7.75. The summed E-state index contributed by atoms with van der Waals surface area (Å²) >= 11 is 0. The Balaban J connectivity index is 2.20. The number of amides is 1. The molecule has 1 N–H and O–H groups in total. The molecule has 3 heteroatoms. The van der Waals surface area contributed by atoms with Crippen molar-refractivity contribution in [3.8, 4) is 0 Å². The molecule has 3 nitrogen and oxygen atoms in total. The van der Waals surface area contributed by atoms with Crippen LogP contribution in [0.2, 0.25) is 0 Å². The number of hydrogen-bond donors (Lipinski definition) is 1. The molecule has 0 saturated carbocycles. The van der Waals surface area contributed by atoms with E-state index in [9.17, 15) is 9.59 Å². The first-order valence-electron chi connectivity index (χ1n) is 6.02. The average Bonchev–Trinajstić information content (AvgIpc) is 2.32. The first-order valence-corrected chi connectivity index (χ1v) is 6.02. The zero-order valence-electron chi connectivity index (χ0n) is 10.2. The fourth-order valence-corrected chi connectivity index (χ4v) is 1.55. The van der Waals surface area contributed by atoms with Crippen molar-refractivity contribution in [3.05, 3.63) is 29.8 Å². The van der Waals surface area contributed by atoms with Crippen molar-refractivity contribution in [2.75, 3.05) is 5.32 Å². The van der Waals surface area contributed by atoms with Gasteiger partial charge in [0.1, 0.15) is 6.29 Å². The number of anilines is 1. The standard InChI is InChI=1S/C14H19NO2/c1-12-7-9-13(10-8-12)15-14(17)6-4-2-3-5-11-16/h7-11H,2-6H2,1H3,(H,15,17). The van der Waals surface area contributed by atoms with E-state index >= 15 is 0 Å². The molecule has 0 fully saturated rings. The Morgan fingerprint density at radius 2 is 1.88 bits per heavy atom. The third kappa shape index (κ3) is 5.85. The summed E-state index contributed by atoms with van der Waals surface area (Å²) in [5.74, 6) is 0.0416. The maximum atomic E-state index is 11.5. The predicted molar refractivity (Wildman–Crippen MR) is 69.0 cm³/mol. The van der Waals surface area contributed by atoms with Gasteiger partial charge in [0.25, 0.3) is 0 Å². The van der Waals surface area contributed by atoms with Gasteiger partial charge < -0.3 is 10.1 Å². The van der Waals surface area contributed by atoms with E-state index < -0.39 is 0 Å². The molecule has 0 aliphatic rings. The van der Waals surface area contributed by atoms with Crippen LogP contribution in [0, 0.1) is 6.92 Å². The molecule has 0 atom stereocenters. The van der Waals surface area contributed by atoms with Gasteiger partial charge in [-0.2, -0.15) is 0 Å². The number of nitrogens with one attached hydrogen (secondary N) is 1. The van der Waals surface area contributed by atoms with Crippen LogP contribution >= 0.6 is 0 Å². The second-order valence-corrected chi connectivity index (χ2v) is 4.18. The van der Waals surface area contributed by atoms with Crippen molar-refractivity contribution in [1.82, 2.24) is 0 Å². The average molecular weight is 233 g/mol. The smallest absolute Gasteiger partial charge is 0.224 e. The molecule has 1 aromatic carbocycles. The lowest BCUT2D eigenvalue weighted by atomic mass is 10.1. The van der Waals surface area contributed by atoms with Crippen LogP contribution < -0.4 is 5.32 Å². The largest absolute Gasteiger partial charge is 0.326 e. The first-order chi connectivity index (χ1) is 8.22. The quantitative estimate of drug-likeness (QED) is 0.581. The number of hydrogen-bond acceptors (Lipinski definition) is 2. The molecular formula is C14H19NO2. The van der Waals surface area contributed by atoms with Gasteiger partial charge in [-0.15, -0.1) is 0 Å². The van der Waals surface area contributed by atoms with Crippen molar-refractivity contribution < 1.29 is 9.59 Å². The van der Waals surface area contributed by atoms with Gasteiger partial charge in [-0.05, 0) is 31.9 Å². The lowest BCUT2D eigenvalue weighted by Crippen LogP contribution is -2.10. The monoisotopic (exact) mass is 233 g/mol. The summed E-state index contributed by atoms with van der Waals surface area (Å²) in [5.41, 5.74) is 2.02. The summed E-state index contributed by atoms with van der Waals surface area (Å²) in [4.78, 5) is 21.6. The van der Waals surface area contributed by atoms with Crippen LogP contribution in [0.1, 0.15) is 37.7 Å². The topological polar surface area (TPSA) is 46.2 Å². The van der Waals surface area contributed by atoms with Crippen LogP contribution in [0.25, 0.3) is 0 Å². The molecule has 1 aromatic rings. The number of rotatable bonds is 7. The van der Waals surface area contributed by atoms with E-state index in [0.717, 1.165) is 31.2 Å². The van der Waals surface area contributed by atoms with Gasteiger partial charge in [0.05, 0.1) is 0 Å². The zero-order chi connectivity index (χ0) is 12.5. The molecule has 0 bridgehead atoms. The predicted octanol–water partition coefficient (Wildman–Crippen LogP) is 3.08. The summed E-state index contributed by atoms with van der Waals surface area (Å²) in [6.45, 7) is 2.01. The van der Waals surface area contributed by atoms with E-state index in [0.29, 0.717) is 12.8 Å². The van der Waals surface area contributed by atoms with E-state index in [4.69, 9.17) is 0 Å². The van der Waals surface area contributed by atoms with Crippen LogP contribution in [-0.2, 0) is 9.59 Å². The van der Waals surface area contributed by atoms with Crippen molar-refractivity contribution in [1.29, 1.82) is 0 Å². The van der Waals surface area contributed by atoms with E-state index in [2.05, 4.69) is 5.32 Å². The second kappa shape index (κ2) is 7.60. The highest BCUT2D eigenvalue weighted by Gasteiger charge is 2.01. The van der Waals surface area contributed by atoms with E-state index in [1.54, 1.807) is 0 Å². The van der Waals surface area contributed by atoms with Crippen molar-refractivity contribution in [2.45, 2.75) is 39.0 Å². The molecule has 0 saturated heterocycles. The number of benzene rings is 1. The Morgan fingerprint density at radius 1 is 1.18 bits per heavy atom. The maximum absolute atomic E-state index is 11.5. The number of carbonyl (C=O) groups excluding carboxylic acids is 2. The SMILES string of the molecule is Cc1ccc(NC(=O)CCCCCC=O)cc1.